The zero-order valence-corrected chi connectivity index (χ0v) is 18.2. The van der Waals surface area contributed by atoms with Crippen LogP contribution in [0.15, 0.2) is 71.1 Å². The average molecular weight is 448 g/mol. The van der Waals surface area contributed by atoms with Gasteiger partial charge in [0, 0.05) is 42.8 Å². The zero-order chi connectivity index (χ0) is 22.1. The molecule has 0 radical (unpaired) electrons. The van der Waals surface area contributed by atoms with Crippen molar-refractivity contribution in [1.82, 2.24) is 24.5 Å². The van der Waals surface area contributed by atoms with Crippen molar-refractivity contribution in [3.63, 3.8) is 0 Å². The van der Waals surface area contributed by atoms with Gasteiger partial charge in [-0.05, 0) is 23.6 Å². The molecule has 0 aliphatic carbocycles. The highest BCUT2D eigenvalue weighted by Crippen LogP contribution is 2.30. The number of aromatic nitrogens is 4. The maximum Gasteiger partial charge on any atom is 0.256 e. The molecule has 0 atom stereocenters. The van der Waals surface area contributed by atoms with Gasteiger partial charge in [0.25, 0.3) is 11.5 Å². The number of nitrogens with zero attached hydrogens (tertiary/aromatic N) is 5. The Balaban J connectivity index is 1.25. The molecule has 8 nitrogen and oxygen atoms in total. The van der Waals surface area contributed by atoms with Crippen molar-refractivity contribution in [2.45, 2.75) is 12.6 Å². The van der Waals surface area contributed by atoms with Gasteiger partial charge in [-0.1, -0.05) is 29.5 Å². The van der Waals surface area contributed by atoms with Gasteiger partial charge in [-0.25, -0.2) is 4.68 Å². The minimum absolute atomic E-state index is 0.0645. The predicted molar refractivity (Wildman–Crippen MR) is 121 cm³/mol. The molecular formula is C23H21N5O3S. The number of para-hydroxylation sites is 1. The third-order valence-electron chi connectivity index (χ3n) is 5.46. The largest absolute Gasteiger partial charge is 0.487 e. The zero-order valence-electron chi connectivity index (χ0n) is 17.4. The van der Waals surface area contributed by atoms with Gasteiger partial charge in [0.05, 0.1) is 17.8 Å². The number of rotatable bonds is 6. The fourth-order valence-electron chi connectivity index (χ4n) is 3.63. The summed E-state index contributed by atoms with van der Waals surface area (Å²) in [6.45, 7) is 1.41. The monoisotopic (exact) mass is 447 g/mol. The molecule has 4 aromatic rings. The number of carbonyl (C=O) groups excluding carboxylic acids is 1. The number of benzene rings is 1. The van der Waals surface area contributed by atoms with Gasteiger partial charge in [-0.3, -0.25) is 9.59 Å². The lowest BCUT2D eigenvalue weighted by Gasteiger charge is -2.39. The van der Waals surface area contributed by atoms with E-state index in [0.29, 0.717) is 30.8 Å². The number of hydrogen-bond acceptors (Lipinski definition) is 6. The third-order valence-corrected chi connectivity index (χ3v) is 6.36. The van der Waals surface area contributed by atoms with Crippen LogP contribution in [0.1, 0.15) is 22.1 Å². The molecule has 3 aromatic heterocycles. The summed E-state index contributed by atoms with van der Waals surface area (Å²) < 4.78 is 8.94. The van der Waals surface area contributed by atoms with Crippen molar-refractivity contribution >= 4 is 17.2 Å². The second kappa shape index (κ2) is 8.43. The van der Waals surface area contributed by atoms with E-state index >= 15 is 0 Å². The van der Waals surface area contributed by atoms with Crippen LogP contribution < -0.4 is 10.3 Å². The second-order valence-electron chi connectivity index (χ2n) is 7.68. The molecule has 1 aromatic carbocycles. The average Bonchev–Trinajstić information content (AvgIpc) is 3.46. The number of amides is 1. The summed E-state index contributed by atoms with van der Waals surface area (Å²) in [5.41, 5.74) is 1.80. The van der Waals surface area contributed by atoms with Gasteiger partial charge in [0.2, 0.25) is 0 Å². The molecule has 0 bridgehead atoms. The summed E-state index contributed by atoms with van der Waals surface area (Å²) in [5, 5.41) is 10.3. The van der Waals surface area contributed by atoms with Crippen LogP contribution in [-0.2, 0) is 13.7 Å². The number of likely N-dealkylation sites (tertiary alicyclic amines) is 1. The van der Waals surface area contributed by atoms with Crippen LogP contribution in [0, 0.1) is 0 Å². The van der Waals surface area contributed by atoms with E-state index in [-0.39, 0.29) is 17.5 Å². The molecular weight excluding hydrogens is 426 g/mol. The number of hydrogen-bond donors (Lipinski definition) is 0. The van der Waals surface area contributed by atoms with Gasteiger partial charge in [0.1, 0.15) is 18.1 Å². The Morgan fingerprint density at radius 2 is 1.97 bits per heavy atom. The highest BCUT2D eigenvalue weighted by Gasteiger charge is 2.34. The molecule has 0 unspecified atom stereocenters. The van der Waals surface area contributed by atoms with Crippen molar-refractivity contribution < 1.29 is 9.53 Å². The lowest BCUT2D eigenvalue weighted by molar-refractivity contribution is 0.0498. The van der Waals surface area contributed by atoms with Gasteiger partial charge in [0.15, 0.2) is 0 Å². The first kappa shape index (κ1) is 20.2. The maximum absolute atomic E-state index is 13.2. The molecule has 4 heterocycles. The van der Waals surface area contributed by atoms with Crippen LogP contribution in [-0.4, -0.2) is 43.5 Å². The molecule has 9 heteroatoms. The molecule has 0 spiro atoms. The van der Waals surface area contributed by atoms with Crippen molar-refractivity contribution in [3.8, 4) is 16.2 Å². The third kappa shape index (κ3) is 3.94. The highest BCUT2D eigenvalue weighted by molar-refractivity contribution is 7.13. The topological polar surface area (TPSA) is 82.2 Å². The molecule has 162 valence electrons. The van der Waals surface area contributed by atoms with Crippen LogP contribution >= 0.6 is 11.3 Å². The summed E-state index contributed by atoms with van der Waals surface area (Å²) in [6, 6.07) is 15.0. The number of aryl methyl sites for hydroxylation is 1. The summed E-state index contributed by atoms with van der Waals surface area (Å²) in [7, 11) is 1.66. The van der Waals surface area contributed by atoms with E-state index in [1.807, 2.05) is 54.0 Å². The van der Waals surface area contributed by atoms with Crippen LogP contribution in [0.5, 0.6) is 5.75 Å². The van der Waals surface area contributed by atoms with Gasteiger partial charge >= 0.3 is 0 Å². The summed E-state index contributed by atoms with van der Waals surface area (Å²) in [4.78, 5) is 28.0. The number of ether oxygens (including phenoxy) is 1. The van der Waals surface area contributed by atoms with Gasteiger partial charge < -0.3 is 14.2 Å². The molecule has 0 saturated carbocycles. The highest BCUT2D eigenvalue weighted by atomic mass is 32.1. The smallest absolute Gasteiger partial charge is 0.256 e. The number of pyridine rings is 1. The Morgan fingerprint density at radius 1 is 1.16 bits per heavy atom. The lowest BCUT2D eigenvalue weighted by atomic mass is 10.0. The van der Waals surface area contributed by atoms with E-state index in [1.54, 1.807) is 22.8 Å². The molecule has 5 rings (SSSR count). The van der Waals surface area contributed by atoms with Crippen molar-refractivity contribution in [1.29, 1.82) is 0 Å². The molecule has 1 amide bonds. The normalized spacial score (nSPS) is 13.7. The van der Waals surface area contributed by atoms with E-state index in [9.17, 15) is 9.59 Å². The molecule has 1 aliphatic heterocycles. The fraction of sp³-hybridized carbons (Fsp3) is 0.217. The van der Waals surface area contributed by atoms with E-state index in [1.165, 1.54) is 22.0 Å². The number of thiophene rings is 1. The van der Waals surface area contributed by atoms with E-state index < -0.39 is 0 Å². The Kier molecular flexibility index (Phi) is 5.32. The Labute approximate surface area is 188 Å². The van der Waals surface area contributed by atoms with Crippen molar-refractivity contribution in [2.24, 2.45) is 7.05 Å². The lowest BCUT2D eigenvalue weighted by Crippen LogP contribution is -2.51. The Morgan fingerprint density at radius 3 is 2.72 bits per heavy atom. The molecule has 1 aliphatic rings. The van der Waals surface area contributed by atoms with Crippen LogP contribution in [0.2, 0.25) is 0 Å². The SMILES string of the molecule is Cn1cc(C(=O)N2CC(n3cc(COc4ccccc4)nn3)C2)c(-c2cccs2)cc1=O. The first-order valence-electron chi connectivity index (χ1n) is 10.2. The standard InChI is InChI=1S/C23H21N5O3S/c1-26-14-20(19(10-22(26)29)21-8-5-9-32-21)23(30)27-12-17(13-27)28-11-16(24-25-28)15-31-18-6-3-2-4-7-18/h2-11,14,17H,12-13,15H2,1H3. The van der Waals surface area contributed by atoms with Crippen molar-refractivity contribution in [3.05, 3.63) is 87.9 Å². The quantitative estimate of drug-likeness (QED) is 0.454. The van der Waals surface area contributed by atoms with Crippen LogP contribution in [0.4, 0.5) is 0 Å². The van der Waals surface area contributed by atoms with Gasteiger partial charge in [-0.15, -0.1) is 16.4 Å². The van der Waals surface area contributed by atoms with Crippen molar-refractivity contribution in [2.75, 3.05) is 13.1 Å². The second-order valence-corrected chi connectivity index (χ2v) is 8.63. The van der Waals surface area contributed by atoms with Crippen LogP contribution in [0.25, 0.3) is 10.4 Å². The van der Waals surface area contributed by atoms with E-state index in [0.717, 1.165) is 16.3 Å². The number of carbonyl (C=O) groups is 1. The van der Waals surface area contributed by atoms with E-state index in [4.69, 9.17) is 4.74 Å². The predicted octanol–water partition coefficient (Wildman–Crippen LogP) is 2.98. The molecule has 0 N–H and O–H groups in total. The Bertz CT molecular complexity index is 1290. The molecule has 32 heavy (non-hydrogen) atoms. The first-order valence-corrected chi connectivity index (χ1v) is 11.1. The van der Waals surface area contributed by atoms with E-state index in [2.05, 4.69) is 10.3 Å². The fourth-order valence-corrected chi connectivity index (χ4v) is 4.38. The molecule has 1 saturated heterocycles. The molecule has 1 fully saturated rings. The first-order chi connectivity index (χ1) is 15.6. The minimum Gasteiger partial charge on any atom is -0.487 e. The maximum atomic E-state index is 13.2. The summed E-state index contributed by atoms with van der Waals surface area (Å²) in [6.07, 6.45) is 3.49. The minimum atomic E-state index is -0.140. The van der Waals surface area contributed by atoms with Crippen LogP contribution in [0.3, 0.4) is 0 Å². The Hall–Kier alpha value is -3.72. The summed E-state index contributed by atoms with van der Waals surface area (Å²) >= 11 is 1.51. The summed E-state index contributed by atoms with van der Waals surface area (Å²) in [5.74, 6) is 0.689. The van der Waals surface area contributed by atoms with Gasteiger partial charge in [-0.2, -0.15) is 0 Å².